The smallest absolute Gasteiger partial charge is 0.235 e. The summed E-state index contributed by atoms with van der Waals surface area (Å²) in [6.07, 6.45) is 2.46. The van der Waals surface area contributed by atoms with Gasteiger partial charge >= 0.3 is 0 Å². The zero-order valence-corrected chi connectivity index (χ0v) is 9.85. The summed E-state index contributed by atoms with van der Waals surface area (Å²) in [5, 5.41) is 12.3. The van der Waals surface area contributed by atoms with E-state index in [-0.39, 0.29) is 0 Å². The van der Waals surface area contributed by atoms with E-state index in [0.717, 1.165) is 27.0 Å². The summed E-state index contributed by atoms with van der Waals surface area (Å²) in [5.41, 5.74) is 0.843. The average Bonchev–Trinajstić information content (AvgIpc) is 2.28. The van der Waals surface area contributed by atoms with Gasteiger partial charge in [0.25, 0.3) is 0 Å². The molecule has 0 saturated heterocycles. The lowest BCUT2D eigenvalue weighted by Gasteiger charge is -2.03. The Morgan fingerprint density at radius 2 is 1.81 bits per heavy atom. The number of fused-ring (bicyclic) bond motifs is 1. The first-order chi connectivity index (χ1) is 7.68. The van der Waals surface area contributed by atoms with Gasteiger partial charge in [-0.05, 0) is 22.4 Å². The lowest BCUT2D eigenvalue weighted by Crippen LogP contribution is -1.84. The maximum Gasteiger partial charge on any atom is 0.235 e. The van der Waals surface area contributed by atoms with Gasteiger partial charge in [-0.25, -0.2) is 0 Å². The molecular weight excluding hydrogens is 270 g/mol. The number of benzene rings is 2. The van der Waals surface area contributed by atoms with Crippen molar-refractivity contribution in [3.05, 3.63) is 62.7 Å². The number of nitrogens with zero attached hydrogens (tertiary/aromatic N) is 1. The van der Waals surface area contributed by atoms with Gasteiger partial charge in [0, 0.05) is 10.5 Å². The first kappa shape index (κ1) is 10.8. The summed E-state index contributed by atoms with van der Waals surface area (Å²) >= 11 is 3.45. The predicted octanol–water partition coefficient (Wildman–Crippen LogP) is 3.85. The second-order valence-corrected chi connectivity index (χ2v) is 4.14. The molecule has 3 nitrogen and oxygen atoms in total. The van der Waals surface area contributed by atoms with E-state index in [2.05, 4.69) is 15.9 Å². The Kier molecular flexibility index (Phi) is 3.01. The van der Waals surface area contributed by atoms with Gasteiger partial charge in [0.1, 0.15) is 0 Å². The van der Waals surface area contributed by atoms with Crippen LogP contribution in [0.15, 0.2) is 47.1 Å². The van der Waals surface area contributed by atoms with Crippen molar-refractivity contribution < 1.29 is 4.92 Å². The maximum atomic E-state index is 10.3. The van der Waals surface area contributed by atoms with Crippen molar-refractivity contribution >= 4 is 32.8 Å². The number of hydrogen-bond acceptors (Lipinski definition) is 2. The van der Waals surface area contributed by atoms with Crippen LogP contribution in [0.3, 0.4) is 0 Å². The number of nitro groups is 1. The monoisotopic (exact) mass is 277 g/mol. The summed E-state index contributed by atoms with van der Waals surface area (Å²) in [4.78, 5) is 9.82. The quantitative estimate of drug-likeness (QED) is 0.618. The molecular formula is C12H8BrNO2. The van der Waals surface area contributed by atoms with E-state index in [4.69, 9.17) is 0 Å². The highest BCUT2D eigenvalue weighted by Crippen LogP contribution is 2.27. The fraction of sp³-hybridized carbons (Fsp3) is 0. The van der Waals surface area contributed by atoms with E-state index in [1.165, 1.54) is 6.08 Å². The molecule has 0 aliphatic carbocycles. The molecule has 80 valence electrons. The Morgan fingerprint density at radius 1 is 1.12 bits per heavy atom. The molecule has 0 atom stereocenters. The van der Waals surface area contributed by atoms with Gasteiger partial charge in [-0.1, -0.05) is 46.3 Å². The molecule has 16 heavy (non-hydrogen) atoms. The standard InChI is InChI=1S/C12H8BrNO2/c13-12-6-5-9(7-8-14(15)16)10-3-1-2-4-11(10)12/h1-8H. The van der Waals surface area contributed by atoms with Gasteiger partial charge in [0.15, 0.2) is 0 Å². The van der Waals surface area contributed by atoms with Gasteiger partial charge < -0.3 is 0 Å². The number of rotatable bonds is 2. The third-order valence-electron chi connectivity index (χ3n) is 2.28. The maximum absolute atomic E-state index is 10.3. The Balaban J connectivity index is 2.63. The van der Waals surface area contributed by atoms with Crippen molar-refractivity contribution in [2.45, 2.75) is 0 Å². The number of hydrogen-bond donors (Lipinski definition) is 0. The molecule has 0 fully saturated rings. The van der Waals surface area contributed by atoms with Crippen molar-refractivity contribution in [3.63, 3.8) is 0 Å². The molecule has 0 aliphatic rings. The summed E-state index contributed by atoms with van der Waals surface area (Å²) in [5.74, 6) is 0. The molecule has 0 radical (unpaired) electrons. The van der Waals surface area contributed by atoms with Crippen LogP contribution in [0, 0.1) is 10.1 Å². The van der Waals surface area contributed by atoms with Crippen LogP contribution in [0.4, 0.5) is 0 Å². The van der Waals surface area contributed by atoms with Crippen LogP contribution >= 0.6 is 15.9 Å². The minimum absolute atomic E-state index is 0.461. The molecule has 2 aromatic rings. The Morgan fingerprint density at radius 3 is 2.50 bits per heavy atom. The van der Waals surface area contributed by atoms with Gasteiger partial charge in [0.05, 0.1) is 4.92 Å². The molecule has 0 N–H and O–H groups in total. The van der Waals surface area contributed by atoms with E-state index < -0.39 is 4.92 Å². The van der Waals surface area contributed by atoms with Crippen molar-refractivity contribution in [1.29, 1.82) is 0 Å². The zero-order valence-electron chi connectivity index (χ0n) is 8.26. The van der Waals surface area contributed by atoms with Crippen molar-refractivity contribution in [2.24, 2.45) is 0 Å². The summed E-state index contributed by atoms with van der Waals surface area (Å²) < 4.78 is 0.987. The Labute approximate surface area is 101 Å². The van der Waals surface area contributed by atoms with Crippen LogP contribution in [0.2, 0.25) is 0 Å². The highest BCUT2D eigenvalue weighted by Gasteiger charge is 2.02. The van der Waals surface area contributed by atoms with Gasteiger partial charge in [0.2, 0.25) is 6.20 Å². The Hall–Kier alpha value is -1.68. The van der Waals surface area contributed by atoms with E-state index in [1.54, 1.807) is 0 Å². The third kappa shape index (κ3) is 2.12. The molecule has 4 heteroatoms. The van der Waals surface area contributed by atoms with Crippen molar-refractivity contribution in [1.82, 2.24) is 0 Å². The summed E-state index contributed by atoms with van der Waals surface area (Å²) in [7, 11) is 0. The summed E-state index contributed by atoms with van der Waals surface area (Å²) in [6, 6.07) is 11.5. The highest BCUT2D eigenvalue weighted by molar-refractivity contribution is 9.10. The normalized spacial score (nSPS) is 11.1. The lowest BCUT2D eigenvalue weighted by atomic mass is 10.0. The SMILES string of the molecule is O=[N+]([O-])C=Cc1ccc(Br)c2ccccc12. The van der Waals surface area contributed by atoms with E-state index >= 15 is 0 Å². The second kappa shape index (κ2) is 4.45. The zero-order chi connectivity index (χ0) is 11.5. The Bertz CT molecular complexity index is 578. The van der Waals surface area contributed by atoms with Crippen LogP contribution in [0.5, 0.6) is 0 Å². The molecule has 0 amide bonds. The van der Waals surface area contributed by atoms with Crippen molar-refractivity contribution in [3.8, 4) is 0 Å². The van der Waals surface area contributed by atoms with E-state index in [9.17, 15) is 10.1 Å². The van der Waals surface area contributed by atoms with Gasteiger partial charge in [-0.15, -0.1) is 0 Å². The third-order valence-corrected chi connectivity index (χ3v) is 2.97. The molecule has 0 heterocycles. The van der Waals surface area contributed by atoms with Crippen LogP contribution in [-0.2, 0) is 0 Å². The predicted molar refractivity (Wildman–Crippen MR) is 67.7 cm³/mol. The van der Waals surface area contributed by atoms with Crippen LogP contribution in [0.1, 0.15) is 5.56 Å². The lowest BCUT2D eigenvalue weighted by molar-refractivity contribution is -0.400. The molecule has 0 unspecified atom stereocenters. The minimum atomic E-state index is -0.461. The fourth-order valence-electron chi connectivity index (χ4n) is 1.57. The molecule has 0 aliphatic heterocycles. The van der Waals surface area contributed by atoms with Gasteiger partial charge in [-0.2, -0.15) is 0 Å². The molecule has 0 spiro atoms. The summed E-state index contributed by atoms with van der Waals surface area (Å²) in [6.45, 7) is 0. The van der Waals surface area contributed by atoms with Crippen LogP contribution in [0.25, 0.3) is 16.8 Å². The molecule has 0 saturated carbocycles. The molecule has 2 rings (SSSR count). The van der Waals surface area contributed by atoms with Crippen LogP contribution in [-0.4, -0.2) is 4.92 Å². The van der Waals surface area contributed by atoms with Gasteiger partial charge in [-0.3, -0.25) is 10.1 Å². The van der Waals surface area contributed by atoms with E-state index in [1.807, 2.05) is 36.4 Å². The number of halogens is 1. The first-order valence-corrected chi connectivity index (χ1v) is 5.47. The minimum Gasteiger partial charge on any atom is -0.259 e. The van der Waals surface area contributed by atoms with Crippen LogP contribution < -0.4 is 0 Å². The topological polar surface area (TPSA) is 43.1 Å². The average molecular weight is 278 g/mol. The first-order valence-electron chi connectivity index (χ1n) is 4.67. The molecule has 0 aromatic heterocycles. The molecule has 0 bridgehead atoms. The fourth-order valence-corrected chi connectivity index (χ4v) is 2.05. The largest absolute Gasteiger partial charge is 0.259 e. The van der Waals surface area contributed by atoms with E-state index in [0.29, 0.717) is 0 Å². The molecule has 2 aromatic carbocycles. The van der Waals surface area contributed by atoms with Crippen molar-refractivity contribution in [2.75, 3.05) is 0 Å². The second-order valence-electron chi connectivity index (χ2n) is 3.28. The highest BCUT2D eigenvalue weighted by atomic mass is 79.9.